The van der Waals surface area contributed by atoms with E-state index < -0.39 is 5.97 Å². The lowest BCUT2D eigenvalue weighted by atomic mass is 10.0. The fourth-order valence-corrected chi connectivity index (χ4v) is 0.945. The minimum absolute atomic E-state index is 0.154. The van der Waals surface area contributed by atoms with Crippen LogP contribution in [-0.4, -0.2) is 36.5 Å². The fraction of sp³-hybridized carbons (Fsp3) is 0.857. The van der Waals surface area contributed by atoms with E-state index in [1.54, 1.807) is 0 Å². The van der Waals surface area contributed by atoms with Gasteiger partial charge in [-0.15, -0.1) is 0 Å². The van der Waals surface area contributed by atoms with Crippen molar-refractivity contribution in [1.29, 1.82) is 0 Å². The van der Waals surface area contributed by atoms with E-state index in [4.69, 9.17) is 14.9 Å². The zero-order valence-corrected chi connectivity index (χ0v) is 6.62. The lowest BCUT2D eigenvalue weighted by molar-refractivity contribution is -0.144. The molecule has 0 unspecified atom stereocenters. The summed E-state index contributed by atoms with van der Waals surface area (Å²) in [4.78, 5) is 10.3. The minimum Gasteiger partial charge on any atom is -0.481 e. The molecule has 1 fully saturated rings. The van der Waals surface area contributed by atoms with Gasteiger partial charge in [0.1, 0.15) is 0 Å². The first-order valence-corrected chi connectivity index (χ1v) is 3.56. The van der Waals surface area contributed by atoms with Gasteiger partial charge in [-0.25, -0.2) is 0 Å². The number of carbonyl (C=O) groups is 1. The number of carboxylic acids is 1. The van der Waals surface area contributed by atoms with E-state index in [0.29, 0.717) is 26.1 Å². The van der Waals surface area contributed by atoms with Gasteiger partial charge in [0, 0.05) is 20.3 Å². The Balaban J connectivity index is 0.000000461. The Hall–Kier alpha value is -0.610. The molecule has 0 aromatic carbocycles. The van der Waals surface area contributed by atoms with E-state index >= 15 is 0 Å². The number of ether oxygens (including phenoxy) is 1. The van der Waals surface area contributed by atoms with Crippen LogP contribution in [0.4, 0.5) is 0 Å². The molecule has 11 heavy (non-hydrogen) atoms. The highest BCUT2D eigenvalue weighted by molar-refractivity contribution is 5.69. The lowest BCUT2D eigenvalue weighted by Crippen LogP contribution is -2.22. The second kappa shape index (κ2) is 6.12. The monoisotopic (exact) mass is 162 g/mol. The zero-order valence-electron chi connectivity index (χ0n) is 6.62. The van der Waals surface area contributed by atoms with E-state index in [2.05, 4.69) is 0 Å². The van der Waals surface area contributed by atoms with Crippen molar-refractivity contribution < 1.29 is 19.7 Å². The van der Waals surface area contributed by atoms with Gasteiger partial charge in [0.05, 0.1) is 5.92 Å². The maximum atomic E-state index is 10.3. The van der Waals surface area contributed by atoms with Gasteiger partial charge in [0.15, 0.2) is 0 Å². The van der Waals surface area contributed by atoms with Crippen LogP contribution in [0.5, 0.6) is 0 Å². The van der Waals surface area contributed by atoms with E-state index in [-0.39, 0.29) is 5.92 Å². The van der Waals surface area contributed by atoms with Gasteiger partial charge < -0.3 is 14.9 Å². The van der Waals surface area contributed by atoms with E-state index in [1.165, 1.54) is 0 Å². The highest BCUT2D eigenvalue weighted by Gasteiger charge is 2.19. The SMILES string of the molecule is CO.O=C(O)C1CCOCC1. The smallest absolute Gasteiger partial charge is 0.306 e. The molecule has 0 radical (unpaired) electrons. The summed E-state index contributed by atoms with van der Waals surface area (Å²) in [5.74, 6) is -0.836. The molecule has 0 aromatic rings. The summed E-state index contributed by atoms with van der Waals surface area (Å²) in [6.45, 7) is 1.22. The second-order valence-electron chi connectivity index (χ2n) is 2.22. The van der Waals surface area contributed by atoms with Gasteiger partial charge in [0.2, 0.25) is 0 Å². The molecule has 66 valence electrons. The average Bonchev–Trinajstić information content (AvgIpc) is 2.10. The molecule has 1 aliphatic rings. The highest BCUT2D eigenvalue weighted by atomic mass is 16.5. The van der Waals surface area contributed by atoms with Crippen LogP contribution in [0.2, 0.25) is 0 Å². The van der Waals surface area contributed by atoms with Gasteiger partial charge in [-0.05, 0) is 12.8 Å². The van der Waals surface area contributed by atoms with Crippen molar-refractivity contribution in [3.05, 3.63) is 0 Å². The van der Waals surface area contributed by atoms with Gasteiger partial charge in [-0.3, -0.25) is 4.79 Å². The standard InChI is InChI=1S/C6H10O3.CH4O/c7-6(8)5-1-3-9-4-2-5;1-2/h5H,1-4H2,(H,7,8);2H,1H3. The molecule has 4 heteroatoms. The third kappa shape index (κ3) is 3.95. The largest absolute Gasteiger partial charge is 0.481 e. The Morgan fingerprint density at radius 2 is 1.82 bits per heavy atom. The summed E-state index contributed by atoms with van der Waals surface area (Å²) in [7, 11) is 1.00. The molecule has 0 aromatic heterocycles. The Morgan fingerprint density at radius 1 is 1.36 bits per heavy atom. The fourth-order valence-electron chi connectivity index (χ4n) is 0.945. The highest BCUT2D eigenvalue weighted by Crippen LogP contribution is 2.13. The maximum absolute atomic E-state index is 10.3. The van der Waals surface area contributed by atoms with Crippen molar-refractivity contribution in [2.75, 3.05) is 20.3 Å². The summed E-state index contributed by atoms with van der Waals surface area (Å²) in [6.07, 6.45) is 1.35. The predicted molar refractivity (Wildman–Crippen MR) is 39.3 cm³/mol. The molecule has 1 rings (SSSR count). The van der Waals surface area contributed by atoms with Crippen LogP contribution >= 0.6 is 0 Å². The molecule has 0 amide bonds. The van der Waals surface area contributed by atoms with Crippen molar-refractivity contribution in [1.82, 2.24) is 0 Å². The van der Waals surface area contributed by atoms with Gasteiger partial charge in [-0.1, -0.05) is 0 Å². The number of rotatable bonds is 1. The Kier molecular flexibility index (Phi) is 5.78. The molecular weight excluding hydrogens is 148 g/mol. The second-order valence-corrected chi connectivity index (χ2v) is 2.22. The Bertz CT molecular complexity index is 107. The summed E-state index contributed by atoms with van der Waals surface area (Å²) >= 11 is 0. The Morgan fingerprint density at radius 3 is 2.09 bits per heavy atom. The van der Waals surface area contributed by atoms with Gasteiger partial charge in [0.25, 0.3) is 0 Å². The van der Waals surface area contributed by atoms with Crippen LogP contribution < -0.4 is 0 Å². The number of aliphatic carboxylic acids is 1. The minimum atomic E-state index is -0.682. The maximum Gasteiger partial charge on any atom is 0.306 e. The van der Waals surface area contributed by atoms with Crippen LogP contribution in [0.3, 0.4) is 0 Å². The number of aliphatic hydroxyl groups is 1. The first-order valence-electron chi connectivity index (χ1n) is 3.56. The molecular formula is C7H14O4. The third-order valence-electron chi connectivity index (χ3n) is 1.57. The molecule has 0 bridgehead atoms. The number of aliphatic hydroxyl groups excluding tert-OH is 1. The molecule has 0 atom stereocenters. The summed E-state index contributed by atoms with van der Waals surface area (Å²) < 4.78 is 4.99. The van der Waals surface area contributed by atoms with Gasteiger partial charge >= 0.3 is 5.97 Å². The van der Waals surface area contributed by atoms with E-state index in [9.17, 15) is 4.79 Å². The first-order chi connectivity index (χ1) is 5.30. The molecule has 0 saturated carbocycles. The molecule has 2 N–H and O–H groups in total. The summed E-state index contributed by atoms with van der Waals surface area (Å²) in [5.41, 5.74) is 0. The van der Waals surface area contributed by atoms with Crippen molar-refractivity contribution >= 4 is 5.97 Å². The lowest BCUT2D eigenvalue weighted by Gasteiger charge is -2.17. The van der Waals surface area contributed by atoms with Gasteiger partial charge in [-0.2, -0.15) is 0 Å². The molecule has 0 aliphatic carbocycles. The molecule has 0 spiro atoms. The van der Waals surface area contributed by atoms with E-state index in [0.717, 1.165) is 7.11 Å². The summed E-state index contributed by atoms with van der Waals surface area (Å²) in [6, 6.07) is 0. The molecule has 1 aliphatic heterocycles. The van der Waals surface area contributed by atoms with Crippen LogP contribution in [0.15, 0.2) is 0 Å². The topological polar surface area (TPSA) is 66.8 Å². The first kappa shape index (κ1) is 10.4. The van der Waals surface area contributed by atoms with Crippen LogP contribution in [0.25, 0.3) is 0 Å². The van der Waals surface area contributed by atoms with Crippen LogP contribution in [0.1, 0.15) is 12.8 Å². The molecule has 1 saturated heterocycles. The summed E-state index contributed by atoms with van der Waals surface area (Å²) in [5, 5.41) is 15.5. The number of carboxylic acid groups (broad SMARTS) is 1. The van der Waals surface area contributed by atoms with E-state index in [1.807, 2.05) is 0 Å². The van der Waals surface area contributed by atoms with Crippen molar-refractivity contribution in [3.63, 3.8) is 0 Å². The van der Waals surface area contributed by atoms with Crippen molar-refractivity contribution in [2.45, 2.75) is 12.8 Å². The van der Waals surface area contributed by atoms with Crippen molar-refractivity contribution in [2.24, 2.45) is 5.92 Å². The quantitative estimate of drug-likeness (QED) is 0.574. The normalized spacial score (nSPS) is 18.4. The number of hydrogen-bond acceptors (Lipinski definition) is 3. The zero-order chi connectivity index (χ0) is 8.69. The van der Waals surface area contributed by atoms with Crippen LogP contribution in [-0.2, 0) is 9.53 Å². The third-order valence-corrected chi connectivity index (χ3v) is 1.57. The Labute approximate surface area is 65.8 Å². The number of hydrogen-bond donors (Lipinski definition) is 2. The molecule has 1 heterocycles. The van der Waals surface area contributed by atoms with Crippen LogP contribution in [0, 0.1) is 5.92 Å². The predicted octanol–water partition coefficient (Wildman–Crippen LogP) is 0.106. The average molecular weight is 162 g/mol. The van der Waals surface area contributed by atoms with Crippen molar-refractivity contribution in [3.8, 4) is 0 Å². The molecule has 4 nitrogen and oxygen atoms in total.